The van der Waals surface area contributed by atoms with Gasteiger partial charge in [0.05, 0.1) is 12.6 Å². The molecule has 3 N–H and O–H groups in total. The Bertz CT molecular complexity index is 1300. The molecule has 3 fully saturated rings. The van der Waals surface area contributed by atoms with Crippen LogP contribution in [0.5, 0.6) is 5.75 Å². The number of rotatable bonds is 10. The van der Waals surface area contributed by atoms with Crippen molar-refractivity contribution in [2.75, 3.05) is 26.7 Å². The third-order valence-corrected chi connectivity index (χ3v) is 9.26. The molecule has 2 aromatic rings. The van der Waals surface area contributed by atoms with E-state index in [-0.39, 0.29) is 54.8 Å². The highest BCUT2D eigenvalue weighted by molar-refractivity contribution is 5.97. The van der Waals surface area contributed by atoms with Gasteiger partial charge in [0, 0.05) is 13.0 Å². The van der Waals surface area contributed by atoms with Crippen LogP contribution in [0.15, 0.2) is 54.6 Å². The van der Waals surface area contributed by atoms with Crippen LogP contribution < -0.4 is 10.6 Å². The molecule has 1 aliphatic carbocycles. The van der Waals surface area contributed by atoms with E-state index < -0.39 is 24.3 Å². The van der Waals surface area contributed by atoms with Gasteiger partial charge in [-0.15, -0.1) is 0 Å². The molecular weight excluding hydrogens is 546 g/mol. The topological polar surface area (TPSA) is 122 Å². The number of fused-ring (bicyclic) bond motifs is 1. The average molecular weight is 590 g/mol. The normalized spacial score (nSPS) is 22.3. The van der Waals surface area contributed by atoms with Crippen LogP contribution in [0.4, 0.5) is 0 Å². The minimum Gasteiger partial charge on any atom is -0.508 e. The van der Waals surface area contributed by atoms with Crippen LogP contribution in [0, 0.1) is 5.92 Å². The molecule has 4 atom stereocenters. The third-order valence-electron chi connectivity index (χ3n) is 9.26. The van der Waals surface area contributed by atoms with Crippen molar-refractivity contribution in [2.24, 2.45) is 5.92 Å². The molecule has 4 amide bonds. The Kier molecular flexibility index (Phi) is 9.65. The fourth-order valence-corrected chi connectivity index (χ4v) is 6.65. The zero-order valence-corrected chi connectivity index (χ0v) is 25.1. The Morgan fingerprint density at radius 3 is 2.35 bits per heavy atom. The smallest absolute Gasteiger partial charge is 0.247 e. The predicted molar refractivity (Wildman–Crippen MR) is 162 cm³/mol. The molecular formula is C33H43N5O5. The van der Waals surface area contributed by atoms with E-state index in [4.69, 9.17) is 0 Å². The summed E-state index contributed by atoms with van der Waals surface area (Å²) in [5.41, 5.74) is 1.91. The lowest BCUT2D eigenvalue weighted by Crippen LogP contribution is -2.66. The maximum atomic E-state index is 14.3. The molecule has 0 aromatic heterocycles. The van der Waals surface area contributed by atoms with E-state index in [1.165, 1.54) is 0 Å². The summed E-state index contributed by atoms with van der Waals surface area (Å²) < 4.78 is 0. The molecule has 2 heterocycles. The first-order chi connectivity index (χ1) is 20.8. The molecule has 0 unspecified atom stereocenters. The summed E-state index contributed by atoms with van der Waals surface area (Å²) in [4.78, 5) is 59.8. The molecule has 2 saturated heterocycles. The second kappa shape index (κ2) is 13.6. The first-order valence-corrected chi connectivity index (χ1v) is 15.5. The van der Waals surface area contributed by atoms with E-state index in [1.54, 1.807) is 52.9 Å². The largest absolute Gasteiger partial charge is 0.508 e. The number of hydrogen-bond donors (Lipinski definition) is 3. The number of piperazine rings is 1. The second-order valence-electron chi connectivity index (χ2n) is 12.0. The molecule has 10 heteroatoms. The molecule has 1 saturated carbocycles. The van der Waals surface area contributed by atoms with E-state index in [0.717, 1.165) is 43.2 Å². The summed E-state index contributed by atoms with van der Waals surface area (Å²) in [6, 6.07) is 14.6. The maximum absolute atomic E-state index is 14.3. The maximum Gasteiger partial charge on any atom is 0.247 e. The van der Waals surface area contributed by atoms with Crippen molar-refractivity contribution < 1.29 is 24.3 Å². The van der Waals surface area contributed by atoms with Gasteiger partial charge in [0.1, 0.15) is 30.5 Å². The summed E-state index contributed by atoms with van der Waals surface area (Å²) in [7, 11) is 1.70. The minimum atomic E-state index is -0.781. The number of phenolic OH excluding ortho intramolecular Hbond substituents is 1. The van der Waals surface area contributed by atoms with Gasteiger partial charge < -0.3 is 30.4 Å². The van der Waals surface area contributed by atoms with Crippen LogP contribution in [0.1, 0.15) is 50.2 Å². The van der Waals surface area contributed by atoms with Crippen LogP contribution in [0.3, 0.4) is 0 Å². The van der Waals surface area contributed by atoms with Crippen molar-refractivity contribution >= 4 is 23.6 Å². The minimum absolute atomic E-state index is 0.00870. The number of amides is 4. The van der Waals surface area contributed by atoms with Crippen molar-refractivity contribution in [2.45, 2.75) is 76.2 Å². The predicted octanol–water partition coefficient (Wildman–Crippen LogP) is 2.06. The molecule has 2 aliphatic heterocycles. The van der Waals surface area contributed by atoms with Crippen molar-refractivity contribution in [3.8, 4) is 5.75 Å². The van der Waals surface area contributed by atoms with E-state index >= 15 is 0 Å². The highest BCUT2D eigenvalue weighted by Crippen LogP contribution is 2.32. The number of phenols is 1. The van der Waals surface area contributed by atoms with Gasteiger partial charge in [-0.1, -0.05) is 61.7 Å². The zero-order chi connectivity index (χ0) is 30.5. The average Bonchev–Trinajstić information content (AvgIpc) is 3.36. The van der Waals surface area contributed by atoms with E-state index in [0.29, 0.717) is 13.0 Å². The number of hydrogen-bond acceptors (Lipinski definition) is 6. The van der Waals surface area contributed by atoms with Crippen LogP contribution in [0.2, 0.25) is 0 Å². The number of benzene rings is 2. The Balaban J connectivity index is 1.43. The lowest BCUT2D eigenvalue weighted by molar-refractivity contribution is -0.156. The Morgan fingerprint density at radius 2 is 1.67 bits per heavy atom. The fourth-order valence-electron chi connectivity index (χ4n) is 6.65. The number of aromatic hydroxyl groups is 1. The van der Waals surface area contributed by atoms with Crippen LogP contribution in [0.25, 0.3) is 0 Å². The van der Waals surface area contributed by atoms with Gasteiger partial charge in [-0.2, -0.15) is 0 Å². The fraction of sp³-hybridized carbons (Fsp3) is 0.515. The quantitative estimate of drug-likeness (QED) is 0.390. The lowest BCUT2D eigenvalue weighted by Gasteiger charge is -2.45. The van der Waals surface area contributed by atoms with Crippen molar-refractivity contribution in [3.63, 3.8) is 0 Å². The molecule has 0 spiro atoms. The van der Waals surface area contributed by atoms with Gasteiger partial charge in [-0.25, -0.2) is 0 Å². The SMILES string of the molecule is CN[C@@H](C)C(=O)N[C@H](C(=O)N1CC(=O)N2[C@@H]1CN(CCc1ccccc1)C(=O)[C@@H]2Cc1ccc(O)cc1)C1CCCCC1. The summed E-state index contributed by atoms with van der Waals surface area (Å²) in [5.74, 6) is -0.810. The first kappa shape index (κ1) is 30.5. The number of carbonyl (C=O) groups is 4. The van der Waals surface area contributed by atoms with Gasteiger partial charge in [-0.05, 0) is 62.4 Å². The summed E-state index contributed by atoms with van der Waals surface area (Å²) >= 11 is 0. The number of carbonyl (C=O) groups excluding carboxylic acids is 4. The Morgan fingerprint density at radius 1 is 0.977 bits per heavy atom. The van der Waals surface area contributed by atoms with Crippen molar-refractivity contribution in [1.29, 1.82) is 0 Å². The van der Waals surface area contributed by atoms with Crippen LogP contribution in [-0.2, 0) is 32.0 Å². The van der Waals surface area contributed by atoms with Gasteiger partial charge in [0.25, 0.3) is 0 Å². The van der Waals surface area contributed by atoms with Crippen molar-refractivity contribution in [3.05, 3.63) is 65.7 Å². The monoisotopic (exact) mass is 589 g/mol. The summed E-state index contributed by atoms with van der Waals surface area (Å²) in [6.07, 6.45) is 5.07. The molecule has 43 heavy (non-hydrogen) atoms. The molecule has 5 rings (SSSR count). The van der Waals surface area contributed by atoms with Gasteiger partial charge in [0.15, 0.2) is 0 Å². The Hall–Kier alpha value is -3.92. The van der Waals surface area contributed by atoms with Gasteiger partial charge in [-0.3, -0.25) is 19.2 Å². The second-order valence-corrected chi connectivity index (χ2v) is 12.0. The standard InChI is InChI=1S/C33H43N5O5/c1-22(34-2)31(41)35-30(25-11-7-4-8-12-25)33(43)37-21-29(40)38-27(19-24-13-15-26(39)16-14-24)32(42)36(20-28(37)38)18-17-23-9-5-3-6-10-23/h3,5-6,9-10,13-16,22,25,27-28,30,34,39H,4,7-8,11-12,17-21H2,1-2H3,(H,35,41)/t22-,27-,28+,30-/m0/s1. The molecule has 230 valence electrons. The third kappa shape index (κ3) is 6.85. The van der Waals surface area contributed by atoms with Gasteiger partial charge >= 0.3 is 0 Å². The van der Waals surface area contributed by atoms with E-state index in [9.17, 15) is 24.3 Å². The van der Waals surface area contributed by atoms with E-state index in [2.05, 4.69) is 10.6 Å². The van der Waals surface area contributed by atoms with Gasteiger partial charge in [0.2, 0.25) is 23.6 Å². The number of likely N-dealkylation sites (N-methyl/N-ethyl adjacent to an activating group) is 1. The number of nitrogens with one attached hydrogen (secondary N) is 2. The Labute approximate surface area is 253 Å². The first-order valence-electron chi connectivity index (χ1n) is 15.5. The van der Waals surface area contributed by atoms with Crippen molar-refractivity contribution in [1.82, 2.24) is 25.3 Å². The van der Waals surface area contributed by atoms with Crippen LogP contribution >= 0.6 is 0 Å². The van der Waals surface area contributed by atoms with E-state index in [1.807, 2.05) is 30.3 Å². The summed E-state index contributed by atoms with van der Waals surface area (Å²) in [6.45, 7) is 2.30. The molecule has 0 radical (unpaired) electrons. The molecule has 10 nitrogen and oxygen atoms in total. The lowest BCUT2D eigenvalue weighted by atomic mass is 9.83. The highest BCUT2D eigenvalue weighted by atomic mass is 16.3. The molecule has 2 aromatic carbocycles. The molecule has 0 bridgehead atoms. The zero-order valence-electron chi connectivity index (χ0n) is 25.1. The van der Waals surface area contributed by atoms with Crippen LogP contribution in [-0.4, -0.2) is 94.4 Å². The summed E-state index contributed by atoms with van der Waals surface area (Å²) in [5, 5.41) is 15.7. The highest BCUT2D eigenvalue weighted by Gasteiger charge is 2.52. The number of nitrogens with zero attached hydrogens (tertiary/aromatic N) is 3. The molecule has 3 aliphatic rings.